The lowest BCUT2D eigenvalue weighted by atomic mass is 10.0. The number of benzene rings is 2. The number of sulfonamides is 1. The van der Waals surface area contributed by atoms with E-state index in [4.69, 9.17) is 4.42 Å². The van der Waals surface area contributed by atoms with Gasteiger partial charge in [-0.15, -0.1) is 0 Å². The topological polar surface area (TPSA) is 79.6 Å². The van der Waals surface area contributed by atoms with Crippen molar-refractivity contribution >= 4 is 32.6 Å². The van der Waals surface area contributed by atoms with Crippen LogP contribution in [0.5, 0.6) is 0 Å². The lowest BCUT2D eigenvalue weighted by molar-refractivity contribution is 0.0998. The molecule has 7 heteroatoms. The quantitative estimate of drug-likeness (QED) is 0.717. The van der Waals surface area contributed by atoms with E-state index in [0.29, 0.717) is 30.3 Å². The van der Waals surface area contributed by atoms with Crippen LogP contribution in [-0.4, -0.2) is 31.7 Å². The highest BCUT2D eigenvalue weighted by molar-refractivity contribution is 7.89. The number of piperidine rings is 1. The third-order valence-electron chi connectivity index (χ3n) is 5.14. The van der Waals surface area contributed by atoms with Crippen LogP contribution in [0.3, 0.4) is 0 Å². The van der Waals surface area contributed by atoms with Gasteiger partial charge in [0, 0.05) is 24.2 Å². The van der Waals surface area contributed by atoms with Gasteiger partial charge in [0.2, 0.25) is 10.0 Å². The normalized spacial score (nSPS) is 16.3. The molecule has 0 spiro atoms. The molecule has 1 aromatic heterocycles. The van der Waals surface area contributed by atoms with Gasteiger partial charge < -0.3 is 9.73 Å². The summed E-state index contributed by atoms with van der Waals surface area (Å²) >= 11 is 0. The average Bonchev–Trinajstić information content (AvgIpc) is 3.13. The van der Waals surface area contributed by atoms with Crippen molar-refractivity contribution in [1.82, 2.24) is 4.31 Å². The number of fused-ring (bicyclic) bond motifs is 1. The Hall–Kier alpha value is -2.64. The Morgan fingerprint density at radius 1 is 1.07 bits per heavy atom. The highest BCUT2D eigenvalue weighted by Gasteiger charge is 2.28. The van der Waals surface area contributed by atoms with E-state index >= 15 is 0 Å². The van der Waals surface area contributed by atoms with E-state index in [2.05, 4.69) is 12.2 Å². The number of carbonyl (C=O) groups excluding carboxylic acids is 1. The van der Waals surface area contributed by atoms with Gasteiger partial charge in [-0.25, -0.2) is 8.42 Å². The van der Waals surface area contributed by atoms with E-state index in [1.807, 2.05) is 18.2 Å². The molecule has 3 aromatic rings. The van der Waals surface area contributed by atoms with E-state index in [-0.39, 0.29) is 16.6 Å². The molecule has 2 heterocycles. The molecule has 0 bridgehead atoms. The highest BCUT2D eigenvalue weighted by Crippen LogP contribution is 2.25. The largest absolute Gasteiger partial charge is 0.451 e. The molecule has 0 unspecified atom stereocenters. The fourth-order valence-corrected chi connectivity index (χ4v) is 4.84. The summed E-state index contributed by atoms with van der Waals surface area (Å²) in [6, 6.07) is 15.3. The molecule has 0 atom stereocenters. The number of anilines is 1. The number of nitrogens with zero attached hydrogens (tertiary/aromatic N) is 1. The third kappa shape index (κ3) is 3.68. The summed E-state index contributed by atoms with van der Waals surface area (Å²) in [7, 11) is -3.50. The highest BCUT2D eigenvalue weighted by atomic mass is 32.2. The summed E-state index contributed by atoms with van der Waals surface area (Å²) in [5.74, 6) is 0.388. The molecule has 0 radical (unpaired) electrons. The first-order chi connectivity index (χ1) is 13.4. The molecule has 6 nitrogen and oxygen atoms in total. The zero-order chi connectivity index (χ0) is 19.7. The standard InChI is InChI=1S/C21H22N2O4S/c1-15-10-12-23(13-11-15)28(25,26)18-8-6-17(7-9-18)22-21(24)20-14-16-4-2-3-5-19(16)27-20/h2-9,14-15H,10-13H2,1H3,(H,22,24). The van der Waals surface area contributed by atoms with Crippen molar-refractivity contribution in [2.75, 3.05) is 18.4 Å². The number of furan rings is 1. The number of rotatable bonds is 4. The Morgan fingerprint density at radius 3 is 2.43 bits per heavy atom. The van der Waals surface area contributed by atoms with E-state index in [0.717, 1.165) is 18.2 Å². The molecule has 1 amide bonds. The van der Waals surface area contributed by atoms with Gasteiger partial charge in [0.1, 0.15) is 5.58 Å². The number of para-hydroxylation sites is 1. The van der Waals surface area contributed by atoms with Crippen LogP contribution >= 0.6 is 0 Å². The average molecular weight is 398 g/mol. The first-order valence-corrected chi connectivity index (χ1v) is 10.8. The van der Waals surface area contributed by atoms with Gasteiger partial charge in [0.15, 0.2) is 5.76 Å². The molecule has 0 aliphatic carbocycles. The van der Waals surface area contributed by atoms with Crippen molar-refractivity contribution in [3.05, 3.63) is 60.4 Å². The molecule has 1 fully saturated rings. The molecule has 1 aliphatic rings. The van der Waals surface area contributed by atoms with Gasteiger partial charge >= 0.3 is 0 Å². The van der Waals surface area contributed by atoms with Crippen molar-refractivity contribution in [2.24, 2.45) is 5.92 Å². The fourth-order valence-electron chi connectivity index (χ4n) is 3.37. The second-order valence-corrected chi connectivity index (χ2v) is 9.15. The summed E-state index contributed by atoms with van der Waals surface area (Å²) in [4.78, 5) is 12.7. The minimum atomic E-state index is -3.50. The Morgan fingerprint density at radius 2 is 1.75 bits per heavy atom. The number of amides is 1. The molecule has 28 heavy (non-hydrogen) atoms. The van der Waals surface area contributed by atoms with Crippen molar-refractivity contribution in [1.29, 1.82) is 0 Å². The third-order valence-corrected chi connectivity index (χ3v) is 7.05. The zero-order valence-corrected chi connectivity index (χ0v) is 16.4. The molecular formula is C21H22N2O4S. The Bertz CT molecular complexity index is 1060. The monoisotopic (exact) mass is 398 g/mol. The lowest BCUT2D eigenvalue weighted by Gasteiger charge is -2.29. The molecule has 1 saturated heterocycles. The van der Waals surface area contributed by atoms with Gasteiger partial charge in [0.05, 0.1) is 4.90 Å². The second kappa shape index (κ2) is 7.41. The predicted molar refractivity (Wildman–Crippen MR) is 108 cm³/mol. The van der Waals surface area contributed by atoms with E-state index in [1.54, 1.807) is 24.3 Å². The van der Waals surface area contributed by atoms with Crippen LogP contribution in [0, 0.1) is 5.92 Å². The summed E-state index contributed by atoms with van der Waals surface area (Å²) in [5, 5.41) is 3.59. The van der Waals surface area contributed by atoms with Crippen molar-refractivity contribution in [2.45, 2.75) is 24.7 Å². The van der Waals surface area contributed by atoms with E-state index in [9.17, 15) is 13.2 Å². The molecule has 4 rings (SSSR count). The van der Waals surface area contributed by atoms with Gasteiger partial charge in [-0.05, 0) is 55.2 Å². The number of nitrogens with one attached hydrogen (secondary N) is 1. The second-order valence-electron chi connectivity index (χ2n) is 7.21. The van der Waals surface area contributed by atoms with Gasteiger partial charge in [-0.1, -0.05) is 25.1 Å². The summed E-state index contributed by atoms with van der Waals surface area (Å²) in [6.07, 6.45) is 1.76. The number of hydrogen-bond donors (Lipinski definition) is 1. The van der Waals surface area contributed by atoms with Crippen molar-refractivity contribution in [3.8, 4) is 0 Å². The first-order valence-electron chi connectivity index (χ1n) is 9.33. The van der Waals surface area contributed by atoms with Gasteiger partial charge in [0.25, 0.3) is 5.91 Å². The van der Waals surface area contributed by atoms with Crippen LogP contribution in [0.4, 0.5) is 5.69 Å². The van der Waals surface area contributed by atoms with Crippen molar-refractivity contribution < 1.29 is 17.6 Å². The minimum Gasteiger partial charge on any atom is -0.451 e. The van der Waals surface area contributed by atoms with Crippen LogP contribution in [0.25, 0.3) is 11.0 Å². The Labute approximate surface area is 164 Å². The molecule has 1 N–H and O–H groups in total. The Balaban J connectivity index is 1.47. The fraction of sp³-hybridized carbons (Fsp3) is 0.286. The summed E-state index contributed by atoms with van der Waals surface area (Å²) < 4.78 is 32.6. The zero-order valence-electron chi connectivity index (χ0n) is 15.6. The molecule has 146 valence electrons. The smallest absolute Gasteiger partial charge is 0.291 e. The first kappa shape index (κ1) is 18.7. The minimum absolute atomic E-state index is 0.209. The Kier molecular flexibility index (Phi) is 4.95. The molecule has 2 aromatic carbocycles. The predicted octanol–water partition coefficient (Wildman–Crippen LogP) is 4.11. The van der Waals surface area contributed by atoms with Crippen LogP contribution in [0.15, 0.2) is 63.9 Å². The number of hydrogen-bond acceptors (Lipinski definition) is 4. The molecular weight excluding hydrogens is 376 g/mol. The van der Waals surface area contributed by atoms with E-state index < -0.39 is 10.0 Å². The summed E-state index contributed by atoms with van der Waals surface area (Å²) in [6.45, 7) is 3.24. The SMILES string of the molecule is CC1CCN(S(=O)(=O)c2ccc(NC(=O)c3cc4ccccc4o3)cc2)CC1. The van der Waals surface area contributed by atoms with Crippen LogP contribution < -0.4 is 5.32 Å². The van der Waals surface area contributed by atoms with Crippen LogP contribution in [0.1, 0.15) is 30.3 Å². The molecule has 0 saturated carbocycles. The maximum Gasteiger partial charge on any atom is 0.291 e. The van der Waals surface area contributed by atoms with E-state index in [1.165, 1.54) is 16.4 Å². The lowest BCUT2D eigenvalue weighted by Crippen LogP contribution is -2.37. The van der Waals surface area contributed by atoms with Crippen LogP contribution in [-0.2, 0) is 10.0 Å². The van der Waals surface area contributed by atoms with Crippen molar-refractivity contribution in [3.63, 3.8) is 0 Å². The van der Waals surface area contributed by atoms with Gasteiger partial charge in [-0.2, -0.15) is 4.31 Å². The maximum absolute atomic E-state index is 12.8. The summed E-state index contributed by atoms with van der Waals surface area (Å²) in [5.41, 5.74) is 1.15. The molecule has 1 aliphatic heterocycles. The number of carbonyl (C=O) groups is 1. The maximum atomic E-state index is 12.8. The van der Waals surface area contributed by atoms with Crippen LogP contribution in [0.2, 0.25) is 0 Å². The van der Waals surface area contributed by atoms with Gasteiger partial charge in [-0.3, -0.25) is 4.79 Å².